The van der Waals surface area contributed by atoms with Gasteiger partial charge in [0.05, 0.1) is 12.5 Å². The third kappa shape index (κ3) is 2.36. The number of carbonyl (C=O) groups is 2. The molecule has 0 saturated carbocycles. The van der Waals surface area contributed by atoms with E-state index < -0.39 is 0 Å². The van der Waals surface area contributed by atoms with Crippen LogP contribution in [0.1, 0.15) is 29.8 Å². The number of ketones is 1. The van der Waals surface area contributed by atoms with Crippen molar-refractivity contribution >= 4 is 17.4 Å². The van der Waals surface area contributed by atoms with E-state index in [-0.39, 0.29) is 17.7 Å². The van der Waals surface area contributed by atoms with Gasteiger partial charge in [-0.3, -0.25) is 9.59 Å². The van der Waals surface area contributed by atoms with Crippen LogP contribution in [0.2, 0.25) is 0 Å². The van der Waals surface area contributed by atoms with E-state index in [0.717, 1.165) is 17.8 Å². The van der Waals surface area contributed by atoms with Crippen LogP contribution in [-0.4, -0.2) is 24.3 Å². The molecule has 0 spiro atoms. The van der Waals surface area contributed by atoms with Crippen LogP contribution in [0, 0.1) is 0 Å². The molecule has 0 bridgehead atoms. The van der Waals surface area contributed by atoms with Gasteiger partial charge >= 0.3 is 0 Å². The second-order valence-corrected chi connectivity index (χ2v) is 4.24. The predicted molar refractivity (Wildman–Crippen MR) is 66.2 cm³/mol. The molecule has 1 atom stereocenters. The summed E-state index contributed by atoms with van der Waals surface area (Å²) in [6.45, 7) is 4.58. The zero-order valence-electron chi connectivity index (χ0n) is 10.0. The monoisotopic (exact) mass is 232 g/mol. The van der Waals surface area contributed by atoms with E-state index >= 15 is 0 Å². The van der Waals surface area contributed by atoms with E-state index in [4.69, 9.17) is 0 Å². The zero-order valence-corrected chi connectivity index (χ0v) is 10.0. The number of amides is 1. The van der Waals surface area contributed by atoms with E-state index in [2.05, 4.69) is 10.6 Å². The number of carbonyl (C=O) groups excluding carboxylic acids is 2. The molecule has 0 aromatic heterocycles. The maximum Gasteiger partial charge on any atom is 0.228 e. The van der Waals surface area contributed by atoms with Crippen molar-refractivity contribution in [2.24, 2.45) is 0 Å². The predicted octanol–water partition coefficient (Wildman–Crippen LogP) is 1.36. The minimum atomic E-state index is -0.192. The minimum Gasteiger partial charge on any atom is -0.326 e. The summed E-state index contributed by atoms with van der Waals surface area (Å²) in [5, 5.41) is 5.84. The lowest BCUT2D eigenvalue weighted by Crippen LogP contribution is -2.33. The molecule has 1 aromatic rings. The summed E-state index contributed by atoms with van der Waals surface area (Å²) in [4.78, 5) is 23.3. The lowest BCUT2D eigenvalue weighted by molar-refractivity contribution is -0.115. The minimum absolute atomic E-state index is 0.00988. The number of rotatable bonds is 4. The second kappa shape index (κ2) is 4.67. The summed E-state index contributed by atoms with van der Waals surface area (Å²) in [6, 6.07) is 5.18. The van der Waals surface area contributed by atoms with Crippen molar-refractivity contribution in [3.63, 3.8) is 0 Å². The highest BCUT2D eigenvalue weighted by Crippen LogP contribution is 2.24. The summed E-state index contributed by atoms with van der Waals surface area (Å²) in [5.74, 6) is 0.0540. The van der Waals surface area contributed by atoms with Crippen molar-refractivity contribution in [2.45, 2.75) is 26.3 Å². The summed E-state index contributed by atoms with van der Waals surface area (Å²) in [7, 11) is 0. The van der Waals surface area contributed by atoms with Gasteiger partial charge in [0.1, 0.15) is 0 Å². The number of fused-ring (bicyclic) bond motifs is 1. The standard InChI is InChI=1S/C13H16N2O2/c1-3-14-8(2)13(17)9-4-5-11-10(6-9)7-12(16)15-11/h4-6,8,14H,3,7H2,1-2H3,(H,15,16). The lowest BCUT2D eigenvalue weighted by Gasteiger charge is -2.11. The molecule has 0 fully saturated rings. The highest BCUT2D eigenvalue weighted by atomic mass is 16.1. The Bertz CT molecular complexity index is 468. The van der Waals surface area contributed by atoms with Crippen molar-refractivity contribution in [2.75, 3.05) is 11.9 Å². The fourth-order valence-corrected chi connectivity index (χ4v) is 2.03. The maximum atomic E-state index is 12.0. The van der Waals surface area contributed by atoms with Gasteiger partial charge in [0.15, 0.2) is 5.78 Å². The molecule has 1 amide bonds. The molecule has 2 rings (SSSR count). The van der Waals surface area contributed by atoms with Crippen LogP contribution in [0.4, 0.5) is 5.69 Å². The Hall–Kier alpha value is -1.68. The van der Waals surface area contributed by atoms with Crippen LogP contribution in [0.3, 0.4) is 0 Å². The van der Waals surface area contributed by atoms with Gasteiger partial charge in [-0.2, -0.15) is 0 Å². The van der Waals surface area contributed by atoms with Crippen LogP contribution >= 0.6 is 0 Å². The van der Waals surface area contributed by atoms with Gasteiger partial charge in [-0.05, 0) is 37.2 Å². The smallest absolute Gasteiger partial charge is 0.228 e. The third-order valence-corrected chi connectivity index (χ3v) is 2.92. The van der Waals surface area contributed by atoms with Crippen molar-refractivity contribution in [3.8, 4) is 0 Å². The topological polar surface area (TPSA) is 58.2 Å². The molecule has 90 valence electrons. The van der Waals surface area contributed by atoms with Crippen LogP contribution in [-0.2, 0) is 11.2 Å². The highest BCUT2D eigenvalue weighted by Gasteiger charge is 2.20. The van der Waals surface area contributed by atoms with Gasteiger partial charge in [0.25, 0.3) is 0 Å². The first-order valence-corrected chi connectivity index (χ1v) is 5.82. The van der Waals surface area contributed by atoms with Crippen molar-refractivity contribution < 1.29 is 9.59 Å². The molecule has 1 heterocycles. The van der Waals surface area contributed by atoms with E-state index in [0.29, 0.717) is 12.0 Å². The van der Waals surface area contributed by atoms with Gasteiger partial charge < -0.3 is 10.6 Å². The first kappa shape index (κ1) is 11.8. The number of hydrogen-bond donors (Lipinski definition) is 2. The Morgan fingerprint density at radius 2 is 2.29 bits per heavy atom. The number of hydrogen-bond acceptors (Lipinski definition) is 3. The van der Waals surface area contributed by atoms with E-state index in [9.17, 15) is 9.59 Å². The maximum absolute atomic E-state index is 12.0. The summed E-state index contributed by atoms with van der Waals surface area (Å²) in [5.41, 5.74) is 2.39. The fraction of sp³-hybridized carbons (Fsp3) is 0.385. The van der Waals surface area contributed by atoms with Crippen LogP contribution < -0.4 is 10.6 Å². The first-order valence-electron chi connectivity index (χ1n) is 5.82. The Kier molecular flexibility index (Phi) is 3.24. The molecule has 4 nitrogen and oxygen atoms in total. The average Bonchev–Trinajstić information content (AvgIpc) is 2.67. The molecule has 1 aromatic carbocycles. The number of Topliss-reactive ketones (excluding diaryl/α,β-unsaturated/α-hetero) is 1. The molecule has 1 aliphatic rings. The second-order valence-electron chi connectivity index (χ2n) is 4.24. The normalized spacial score (nSPS) is 15.3. The van der Waals surface area contributed by atoms with Crippen LogP contribution in [0.25, 0.3) is 0 Å². The molecule has 4 heteroatoms. The number of anilines is 1. The fourth-order valence-electron chi connectivity index (χ4n) is 2.03. The highest BCUT2D eigenvalue weighted by molar-refractivity contribution is 6.03. The van der Waals surface area contributed by atoms with E-state index in [1.807, 2.05) is 19.9 Å². The summed E-state index contributed by atoms with van der Waals surface area (Å²) >= 11 is 0. The summed E-state index contributed by atoms with van der Waals surface area (Å²) in [6.07, 6.45) is 0.367. The first-order chi connectivity index (χ1) is 8.11. The number of nitrogens with one attached hydrogen (secondary N) is 2. The molecule has 0 saturated heterocycles. The van der Waals surface area contributed by atoms with Gasteiger partial charge in [-0.15, -0.1) is 0 Å². The molecular weight excluding hydrogens is 216 g/mol. The Balaban J connectivity index is 2.21. The van der Waals surface area contributed by atoms with Crippen LogP contribution in [0.5, 0.6) is 0 Å². The van der Waals surface area contributed by atoms with Gasteiger partial charge in [0.2, 0.25) is 5.91 Å². The lowest BCUT2D eigenvalue weighted by atomic mass is 10.0. The zero-order chi connectivity index (χ0) is 12.4. The van der Waals surface area contributed by atoms with Crippen molar-refractivity contribution in [1.29, 1.82) is 0 Å². The van der Waals surface area contributed by atoms with Crippen molar-refractivity contribution in [3.05, 3.63) is 29.3 Å². The van der Waals surface area contributed by atoms with E-state index in [1.165, 1.54) is 0 Å². The molecule has 0 aliphatic carbocycles. The third-order valence-electron chi connectivity index (χ3n) is 2.92. The SMILES string of the molecule is CCNC(C)C(=O)c1ccc2c(c1)CC(=O)N2. The molecule has 0 radical (unpaired) electrons. The van der Waals surface area contributed by atoms with Gasteiger partial charge in [0, 0.05) is 11.3 Å². The van der Waals surface area contributed by atoms with Crippen LogP contribution in [0.15, 0.2) is 18.2 Å². The number of benzene rings is 1. The summed E-state index contributed by atoms with van der Waals surface area (Å²) < 4.78 is 0. The molecule has 17 heavy (non-hydrogen) atoms. The van der Waals surface area contributed by atoms with Gasteiger partial charge in [-0.1, -0.05) is 6.92 Å². The molecule has 1 aliphatic heterocycles. The van der Waals surface area contributed by atoms with E-state index in [1.54, 1.807) is 12.1 Å². The molecule has 2 N–H and O–H groups in total. The largest absolute Gasteiger partial charge is 0.326 e. The average molecular weight is 232 g/mol. The molecule has 1 unspecified atom stereocenters. The number of likely N-dealkylation sites (N-methyl/N-ethyl adjacent to an activating group) is 1. The Morgan fingerprint density at radius 1 is 1.53 bits per heavy atom. The van der Waals surface area contributed by atoms with Crippen molar-refractivity contribution in [1.82, 2.24) is 5.32 Å². The quantitative estimate of drug-likeness (QED) is 0.771. The van der Waals surface area contributed by atoms with Gasteiger partial charge in [-0.25, -0.2) is 0 Å². The Morgan fingerprint density at radius 3 is 3.00 bits per heavy atom. The Labute approximate surface area is 100 Å². The molecular formula is C13H16N2O2.